The van der Waals surface area contributed by atoms with Crippen molar-refractivity contribution in [2.24, 2.45) is 5.92 Å². The van der Waals surface area contributed by atoms with Crippen molar-refractivity contribution in [3.8, 4) is 6.07 Å². The standard InChI is InChI=1S/C21H27FN4O/c22-19-11-14(13-5-7-24-8-6-13)1-2-15(19)9-18(12-23)26-21(27)20-16-3-4-17(10-16)25-20/h1-2,11,13,16-18,20,24-25H,3-10H2,(H,26,27)/t16-,17+,18-,20-/m0/s1. The highest BCUT2D eigenvalue weighted by Gasteiger charge is 2.43. The molecule has 1 amide bonds. The number of carbonyl (C=O) groups excluding carboxylic acids is 1. The van der Waals surface area contributed by atoms with Crippen molar-refractivity contribution in [2.75, 3.05) is 13.1 Å². The Kier molecular flexibility index (Phi) is 5.42. The summed E-state index contributed by atoms with van der Waals surface area (Å²) in [5.74, 6) is 0.361. The zero-order chi connectivity index (χ0) is 18.8. The lowest BCUT2D eigenvalue weighted by Crippen LogP contribution is -2.50. The highest BCUT2D eigenvalue weighted by Crippen LogP contribution is 2.35. The van der Waals surface area contributed by atoms with Crippen LogP contribution in [0.5, 0.6) is 0 Å². The first-order valence-corrected chi connectivity index (χ1v) is 10.1. The van der Waals surface area contributed by atoms with Gasteiger partial charge >= 0.3 is 0 Å². The molecule has 4 rings (SSSR count). The Morgan fingerprint density at radius 3 is 2.74 bits per heavy atom. The number of benzene rings is 1. The Bertz CT molecular complexity index is 740. The fraction of sp³-hybridized carbons (Fsp3) is 0.619. The molecule has 2 saturated heterocycles. The fourth-order valence-electron chi connectivity index (χ4n) is 4.90. The molecule has 1 aromatic rings. The summed E-state index contributed by atoms with van der Waals surface area (Å²) in [6, 6.07) is 7.00. The summed E-state index contributed by atoms with van der Waals surface area (Å²) in [6.07, 6.45) is 5.48. The van der Waals surface area contributed by atoms with Crippen LogP contribution in [-0.2, 0) is 11.2 Å². The van der Waals surface area contributed by atoms with Crippen LogP contribution in [0.15, 0.2) is 18.2 Å². The van der Waals surface area contributed by atoms with Gasteiger partial charge in [-0.1, -0.05) is 12.1 Å². The Labute approximate surface area is 159 Å². The van der Waals surface area contributed by atoms with E-state index in [9.17, 15) is 14.4 Å². The molecule has 2 heterocycles. The first kappa shape index (κ1) is 18.4. The molecule has 2 bridgehead atoms. The third-order valence-corrected chi connectivity index (χ3v) is 6.43. The molecule has 3 fully saturated rings. The zero-order valence-corrected chi connectivity index (χ0v) is 15.5. The van der Waals surface area contributed by atoms with Gasteiger partial charge in [0.05, 0.1) is 12.1 Å². The minimum Gasteiger partial charge on any atom is -0.339 e. The molecule has 0 radical (unpaired) electrons. The lowest BCUT2D eigenvalue weighted by atomic mass is 9.89. The average molecular weight is 370 g/mol. The normalized spacial score (nSPS) is 28.7. The van der Waals surface area contributed by atoms with E-state index < -0.39 is 6.04 Å². The second kappa shape index (κ2) is 7.95. The van der Waals surface area contributed by atoms with E-state index in [0.717, 1.165) is 50.8 Å². The second-order valence-electron chi connectivity index (χ2n) is 8.18. The van der Waals surface area contributed by atoms with Crippen molar-refractivity contribution in [2.45, 2.75) is 62.6 Å². The van der Waals surface area contributed by atoms with Gasteiger partial charge in [0.25, 0.3) is 0 Å². The molecule has 27 heavy (non-hydrogen) atoms. The molecule has 0 spiro atoms. The Morgan fingerprint density at radius 1 is 1.30 bits per heavy atom. The summed E-state index contributed by atoms with van der Waals surface area (Å²) >= 11 is 0. The van der Waals surface area contributed by atoms with Crippen molar-refractivity contribution in [1.29, 1.82) is 5.26 Å². The first-order chi connectivity index (χ1) is 13.1. The van der Waals surface area contributed by atoms with Gasteiger partial charge in [0.2, 0.25) is 5.91 Å². The first-order valence-electron chi connectivity index (χ1n) is 10.1. The van der Waals surface area contributed by atoms with E-state index in [1.165, 1.54) is 0 Å². The van der Waals surface area contributed by atoms with Crippen molar-refractivity contribution < 1.29 is 9.18 Å². The molecule has 0 aromatic heterocycles. The molecule has 1 aromatic carbocycles. The SMILES string of the molecule is N#C[C@H](Cc1ccc(C2CCNCC2)cc1F)NC(=O)[C@H]1N[C@@H]2CC[C@H]1C2. The molecule has 0 unspecified atom stereocenters. The number of piperidine rings is 2. The lowest BCUT2D eigenvalue weighted by Gasteiger charge is -2.24. The maximum atomic E-state index is 14.6. The maximum absolute atomic E-state index is 14.6. The predicted octanol–water partition coefficient (Wildman–Crippen LogP) is 1.98. The molecular formula is C21H27FN4O. The van der Waals surface area contributed by atoms with Crippen LogP contribution in [0.2, 0.25) is 0 Å². The smallest absolute Gasteiger partial charge is 0.238 e. The number of hydrogen-bond acceptors (Lipinski definition) is 4. The minimum absolute atomic E-state index is 0.125. The van der Waals surface area contributed by atoms with Gasteiger partial charge in [-0.25, -0.2) is 4.39 Å². The molecule has 5 nitrogen and oxygen atoms in total. The van der Waals surface area contributed by atoms with Crippen LogP contribution in [0.25, 0.3) is 0 Å². The summed E-state index contributed by atoms with van der Waals surface area (Å²) in [5, 5.41) is 18.9. The summed E-state index contributed by atoms with van der Waals surface area (Å²) in [6.45, 7) is 1.93. The number of nitrogens with one attached hydrogen (secondary N) is 3. The zero-order valence-electron chi connectivity index (χ0n) is 15.5. The van der Waals surface area contributed by atoms with Gasteiger partial charge < -0.3 is 16.0 Å². The van der Waals surface area contributed by atoms with Crippen molar-refractivity contribution in [3.63, 3.8) is 0 Å². The second-order valence-corrected chi connectivity index (χ2v) is 8.18. The summed E-state index contributed by atoms with van der Waals surface area (Å²) in [7, 11) is 0. The number of halogens is 1. The van der Waals surface area contributed by atoms with E-state index in [-0.39, 0.29) is 24.2 Å². The van der Waals surface area contributed by atoms with Gasteiger partial charge in [-0.05, 0) is 74.2 Å². The number of hydrogen-bond donors (Lipinski definition) is 3. The summed E-state index contributed by atoms with van der Waals surface area (Å²) in [4.78, 5) is 12.5. The third-order valence-electron chi connectivity index (χ3n) is 6.43. The number of amides is 1. The molecule has 1 saturated carbocycles. The average Bonchev–Trinajstić information content (AvgIpc) is 3.33. The van der Waals surface area contributed by atoms with Crippen LogP contribution >= 0.6 is 0 Å². The van der Waals surface area contributed by atoms with Crippen LogP contribution in [0.4, 0.5) is 4.39 Å². The molecule has 1 aliphatic carbocycles. The molecule has 2 aliphatic heterocycles. The van der Waals surface area contributed by atoms with E-state index in [1.54, 1.807) is 12.1 Å². The Balaban J connectivity index is 1.38. The van der Waals surface area contributed by atoms with Crippen molar-refractivity contribution in [3.05, 3.63) is 35.1 Å². The Hall–Kier alpha value is -1.97. The Morgan fingerprint density at radius 2 is 2.11 bits per heavy atom. The van der Waals surface area contributed by atoms with E-state index in [4.69, 9.17) is 0 Å². The van der Waals surface area contributed by atoms with Crippen LogP contribution in [0, 0.1) is 23.1 Å². The summed E-state index contributed by atoms with van der Waals surface area (Å²) in [5.41, 5.74) is 1.52. The summed E-state index contributed by atoms with van der Waals surface area (Å²) < 4.78 is 14.6. The van der Waals surface area contributed by atoms with E-state index in [2.05, 4.69) is 22.0 Å². The van der Waals surface area contributed by atoms with Gasteiger partial charge in [-0.15, -0.1) is 0 Å². The number of nitriles is 1. The van der Waals surface area contributed by atoms with Crippen molar-refractivity contribution >= 4 is 5.91 Å². The van der Waals surface area contributed by atoms with Crippen LogP contribution in [-0.4, -0.2) is 37.1 Å². The lowest BCUT2D eigenvalue weighted by molar-refractivity contribution is -0.124. The minimum atomic E-state index is -0.711. The van der Waals surface area contributed by atoms with E-state index in [0.29, 0.717) is 23.4 Å². The third kappa shape index (κ3) is 3.99. The predicted molar refractivity (Wildman–Crippen MR) is 101 cm³/mol. The largest absolute Gasteiger partial charge is 0.339 e. The quantitative estimate of drug-likeness (QED) is 0.741. The maximum Gasteiger partial charge on any atom is 0.238 e. The van der Waals surface area contributed by atoms with Crippen LogP contribution in [0.1, 0.15) is 49.1 Å². The highest BCUT2D eigenvalue weighted by molar-refractivity contribution is 5.83. The van der Waals surface area contributed by atoms with Gasteiger partial charge in [0.15, 0.2) is 0 Å². The fourth-order valence-corrected chi connectivity index (χ4v) is 4.90. The number of fused-ring (bicyclic) bond motifs is 2. The molecule has 4 atom stereocenters. The molecule has 3 N–H and O–H groups in total. The number of nitrogens with zero attached hydrogens (tertiary/aromatic N) is 1. The molecule has 144 valence electrons. The topological polar surface area (TPSA) is 77.0 Å². The molecule has 3 aliphatic rings. The van der Waals surface area contributed by atoms with Gasteiger partial charge in [0.1, 0.15) is 11.9 Å². The monoisotopic (exact) mass is 370 g/mol. The van der Waals surface area contributed by atoms with Gasteiger partial charge in [-0.2, -0.15) is 5.26 Å². The van der Waals surface area contributed by atoms with Gasteiger partial charge in [-0.3, -0.25) is 4.79 Å². The highest BCUT2D eigenvalue weighted by atomic mass is 19.1. The van der Waals surface area contributed by atoms with Crippen LogP contribution in [0.3, 0.4) is 0 Å². The molecular weight excluding hydrogens is 343 g/mol. The number of carbonyl (C=O) groups is 1. The van der Waals surface area contributed by atoms with E-state index in [1.807, 2.05) is 6.07 Å². The van der Waals surface area contributed by atoms with Gasteiger partial charge in [0, 0.05) is 12.5 Å². The molecule has 6 heteroatoms. The number of rotatable bonds is 5. The van der Waals surface area contributed by atoms with E-state index >= 15 is 0 Å². The van der Waals surface area contributed by atoms with Crippen molar-refractivity contribution in [1.82, 2.24) is 16.0 Å². The van der Waals surface area contributed by atoms with Crippen LogP contribution < -0.4 is 16.0 Å².